The zero-order chi connectivity index (χ0) is 12.0. The van der Waals surface area contributed by atoms with Gasteiger partial charge in [0.05, 0.1) is 0 Å². The molecule has 2 nitrogen and oxygen atoms in total. The molecule has 1 aromatic carbocycles. The maximum Gasteiger partial charge on any atom is 0.189 e. The molecule has 0 aliphatic rings. The van der Waals surface area contributed by atoms with Gasteiger partial charge in [0.15, 0.2) is 8.32 Å². The van der Waals surface area contributed by atoms with Gasteiger partial charge in [0.25, 0.3) is 0 Å². The molecule has 0 unspecified atom stereocenters. The first-order valence-electron chi connectivity index (χ1n) is 5.92. The van der Waals surface area contributed by atoms with Gasteiger partial charge in [-0.3, -0.25) is 0 Å². The van der Waals surface area contributed by atoms with E-state index in [4.69, 9.17) is 4.43 Å². The van der Waals surface area contributed by atoms with Crippen LogP contribution in [0.2, 0.25) is 19.1 Å². The summed E-state index contributed by atoms with van der Waals surface area (Å²) in [7, 11) is -1.48. The van der Waals surface area contributed by atoms with Crippen LogP contribution in [0.4, 0.5) is 5.69 Å². The summed E-state index contributed by atoms with van der Waals surface area (Å²) in [4.78, 5) is 0. The Morgan fingerprint density at radius 3 is 2.38 bits per heavy atom. The first-order valence-corrected chi connectivity index (χ1v) is 9.04. The van der Waals surface area contributed by atoms with Crippen LogP contribution in [0.25, 0.3) is 0 Å². The van der Waals surface area contributed by atoms with E-state index < -0.39 is 8.32 Å². The fraction of sp³-hybridized carbons (Fsp3) is 0.538. The van der Waals surface area contributed by atoms with Crippen molar-refractivity contribution in [3.63, 3.8) is 0 Å². The van der Waals surface area contributed by atoms with Crippen molar-refractivity contribution in [3.05, 3.63) is 30.3 Å². The lowest BCUT2D eigenvalue weighted by Crippen LogP contribution is -2.33. The van der Waals surface area contributed by atoms with Gasteiger partial charge in [-0.2, -0.15) is 0 Å². The van der Waals surface area contributed by atoms with Crippen LogP contribution in [-0.2, 0) is 4.43 Å². The minimum atomic E-state index is -1.48. The van der Waals surface area contributed by atoms with E-state index in [2.05, 4.69) is 44.4 Å². The third kappa shape index (κ3) is 5.33. The molecule has 0 aliphatic heterocycles. The molecule has 1 N–H and O–H groups in total. The summed E-state index contributed by atoms with van der Waals surface area (Å²) in [6.07, 6.45) is 0. The third-order valence-corrected chi connectivity index (χ3v) is 5.14. The fourth-order valence-corrected chi connectivity index (χ4v) is 4.46. The van der Waals surface area contributed by atoms with E-state index >= 15 is 0 Å². The number of benzene rings is 1. The number of hydrogen-bond donors (Lipinski definition) is 1. The van der Waals surface area contributed by atoms with E-state index in [1.54, 1.807) is 0 Å². The predicted octanol–water partition coefficient (Wildman–Crippen LogP) is 3.93. The van der Waals surface area contributed by atoms with Crippen molar-refractivity contribution in [2.24, 2.45) is 5.92 Å². The van der Waals surface area contributed by atoms with Crippen LogP contribution in [0, 0.1) is 5.92 Å². The molecule has 16 heavy (non-hydrogen) atoms. The maximum absolute atomic E-state index is 5.97. The molecule has 0 saturated carbocycles. The molecule has 90 valence electrons. The van der Waals surface area contributed by atoms with Crippen LogP contribution in [0.3, 0.4) is 0 Å². The Kier molecular flexibility index (Phi) is 5.02. The van der Waals surface area contributed by atoms with Gasteiger partial charge in [0, 0.05) is 5.69 Å². The molecule has 0 atom stereocenters. The number of nitrogens with one attached hydrogen (secondary N) is 1. The van der Waals surface area contributed by atoms with E-state index in [1.165, 1.54) is 6.04 Å². The average Bonchev–Trinajstić information content (AvgIpc) is 2.16. The summed E-state index contributed by atoms with van der Waals surface area (Å²) in [5.74, 6) is 0.721. The normalized spacial score (nSPS) is 11.8. The van der Waals surface area contributed by atoms with Gasteiger partial charge in [-0.1, -0.05) is 32.0 Å². The highest BCUT2D eigenvalue weighted by Crippen LogP contribution is 2.17. The summed E-state index contributed by atoms with van der Waals surface area (Å²) >= 11 is 0. The van der Waals surface area contributed by atoms with Gasteiger partial charge in [-0.15, -0.1) is 0 Å². The van der Waals surface area contributed by atoms with Crippen molar-refractivity contribution in [2.45, 2.75) is 33.0 Å². The lowest BCUT2D eigenvalue weighted by atomic mass is 10.3. The second kappa shape index (κ2) is 6.06. The van der Waals surface area contributed by atoms with Gasteiger partial charge < -0.3 is 9.74 Å². The Morgan fingerprint density at radius 1 is 1.19 bits per heavy atom. The molecule has 3 heteroatoms. The van der Waals surface area contributed by atoms with Crippen LogP contribution in [0.5, 0.6) is 0 Å². The average molecular weight is 237 g/mol. The first kappa shape index (κ1) is 13.3. The highest BCUT2D eigenvalue weighted by molar-refractivity contribution is 6.71. The zero-order valence-electron chi connectivity index (χ0n) is 10.8. The van der Waals surface area contributed by atoms with Crippen LogP contribution in [0.15, 0.2) is 30.3 Å². The Labute approximate surface area is 100 Å². The monoisotopic (exact) mass is 237 g/mol. The number of rotatable bonds is 6. The molecule has 1 aromatic rings. The third-order valence-electron chi connectivity index (χ3n) is 2.41. The Morgan fingerprint density at radius 2 is 1.81 bits per heavy atom. The van der Waals surface area contributed by atoms with Gasteiger partial charge in [-0.05, 0) is 37.2 Å². The fourth-order valence-electron chi connectivity index (χ4n) is 1.91. The smallest absolute Gasteiger partial charge is 0.189 e. The van der Waals surface area contributed by atoms with Crippen LogP contribution in [-0.4, -0.2) is 15.0 Å². The Hall–Kier alpha value is -0.803. The molecule has 1 rings (SSSR count). The lowest BCUT2D eigenvalue weighted by molar-refractivity contribution is 0.331. The number of hydrogen-bond acceptors (Lipinski definition) is 2. The summed E-state index contributed by atoms with van der Waals surface area (Å²) in [6, 6.07) is 11.4. The van der Waals surface area contributed by atoms with Crippen molar-refractivity contribution in [3.8, 4) is 0 Å². The lowest BCUT2D eigenvalue weighted by Gasteiger charge is -2.25. The van der Waals surface area contributed by atoms with Gasteiger partial charge in [0.1, 0.15) is 6.73 Å². The molecule has 0 amide bonds. The van der Waals surface area contributed by atoms with Crippen molar-refractivity contribution in [1.82, 2.24) is 0 Å². The second-order valence-electron chi connectivity index (χ2n) is 5.19. The van der Waals surface area contributed by atoms with Crippen molar-refractivity contribution >= 4 is 14.0 Å². The van der Waals surface area contributed by atoms with E-state index in [-0.39, 0.29) is 0 Å². The van der Waals surface area contributed by atoms with Crippen molar-refractivity contribution in [1.29, 1.82) is 0 Å². The van der Waals surface area contributed by atoms with Crippen molar-refractivity contribution in [2.75, 3.05) is 12.0 Å². The number of anilines is 1. The number of para-hydroxylation sites is 1. The standard InChI is InChI=1S/C13H23NOSi/c1-12(2)10-16(3,4)15-11-14-13-8-6-5-7-9-13/h5-9,12,14H,10-11H2,1-4H3. The summed E-state index contributed by atoms with van der Waals surface area (Å²) in [5, 5.41) is 3.29. The molecular weight excluding hydrogens is 214 g/mol. The highest BCUT2D eigenvalue weighted by atomic mass is 28.4. The molecular formula is C13H23NOSi. The van der Waals surface area contributed by atoms with E-state index in [1.807, 2.05) is 18.2 Å². The van der Waals surface area contributed by atoms with Gasteiger partial charge >= 0.3 is 0 Å². The van der Waals surface area contributed by atoms with Gasteiger partial charge in [0.2, 0.25) is 0 Å². The summed E-state index contributed by atoms with van der Waals surface area (Å²) in [6.45, 7) is 9.68. The van der Waals surface area contributed by atoms with Crippen LogP contribution < -0.4 is 5.32 Å². The first-order chi connectivity index (χ1) is 7.49. The minimum absolute atomic E-state index is 0.621. The highest BCUT2D eigenvalue weighted by Gasteiger charge is 2.23. The summed E-state index contributed by atoms with van der Waals surface area (Å²) < 4.78 is 5.97. The van der Waals surface area contributed by atoms with E-state index in [9.17, 15) is 0 Å². The molecule has 0 aliphatic carbocycles. The molecule has 0 saturated heterocycles. The molecule has 0 spiro atoms. The Bertz CT molecular complexity index is 298. The van der Waals surface area contributed by atoms with E-state index in [0.717, 1.165) is 11.6 Å². The largest absolute Gasteiger partial charge is 0.400 e. The SMILES string of the molecule is CC(C)C[Si](C)(C)OCNc1ccccc1. The predicted molar refractivity (Wildman–Crippen MR) is 73.1 cm³/mol. The quantitative estimate of drug-likeness (QED) is 0.598. The van der Waals surface area contributed by atoms with Gasteiger partial charge in [-0.25, -0.2) is 0 Å². The van der Waals surface area contributed by atoms with Crippen molar-refractivity contribution < 1.29 is 4.43 Å². The van der Waals surface area contributed by atoms with Crippen LogP contribution in [0.1, 0.15) is 13.8 Å². The van der Waals surface area contributed by atoms with Crippen LogP contribution >= 0.6 is 0 Å². The maximum atomic E-state index is 5.97. The second-order valence-corrected chi connectivity index (χ2v) is 9.41. The Balaban J connectivity index is 2.30. The molecule has 0 bridgehead atoms. The molecule has 0 radical (unpaired) electrons. The summed E-state index contributed by atoms with van der Waals surface area (Å²) in [5.41, 5.74) is 1.12. The molecule has 0 aromatic heterocycles. The topological polar surface area (TPSA) is 21.3 Å². The molecule has 0 heterocycles. The molecule has 0 fully saturated rings. The van der Waals surface area contributed by atoms with E-state index in [0.29, 0.717) is 6.73 Å². The zero-order valence-corrected chi connectivity index (χ0v) is 11.8. The minimum Gasteiger partial charge on any atom is -0.400 e.